The number of nitrogens with one attached hydrogen (secondary N) is 1. The summed E-state index contributed by atoms with van der Waals surface area (Å²) in [5.41, 5.74) is 0.906. The Balaban J connectivity index is 2.14. The molecule has 1 amide bonds. The molecule has 0 aliphatic carbocycles. The maximum Gasteiger partial charge on any atom is 0.277 e. The Morgan fingerprint density at radius 2 is 1.52 bits per heavy atom. The van der Waals surface area contributed by atoms with Crippen molar-refractivity contribution in [2.75, 3.05) is 0 Å². The molecule has 0 bridgehead atoms. The molecular formula is C17H17N3O5. The molecule has 0 aliphatic heterocycles. The topological polar surface area (TPSA) is 115 Å². The Morgan fingerprint density at radius 3 is 1.96 bits per heavy atom. The van der Waals surface area contributed by atoms with E-state index in [0.29, 0.717) is 5.92 Å². The zero-order chi connectivity index (χ0) is 18.6. The van der Waals surface area contributed by atoms with Crippen LogP contribution in [0.1, 0.15) is 41.3 Å². The zero-order valence-electron chi connectivity index (χ0n) is 13.8. The van der Waals surface area contributed by atoms with Gasteiger partial charge < -0.3 is 5.32 Å². The molecular weight excluding hydrogens is 326 g/mol. The van der Waals surface area contributed by atoms with Gasteiger partial charge in [-0.1, -0.05) is 38.1 Å². The predicted octanol–water partition coefficient (Wildman–Crippen LogP) is 3.56. The lowest BCUT2D eigenvalue weighted by molar-refractivity contribution is -0.394. The number of non-ortho nitro benzene ring substituents is 2. The largest absolute Gasteiger partial charge is 0.348 e. The molecule has 2 rings (SSSR count). The molecule has 2 aromatic carbocycles. The van der Waals surface area contributed by atoms with Crippen LogP contribution in [0.3, 0.4) is 0 Å². The Labute approximate surface area is 143 Å². The summed E-state index contributed by atoms with van der Waals surface area (Å²) in [6.45, 7) is 4.37. The molecule has 0 aliphatic rings. The third kappa shape index (κ3) is 4.60. The zero-order valence-corrected chi connectivity index (χ0v) is 13.8. The normalized spacial score (nSPS) is 10.5. The number of carbonyl (C=O) groups excluding carboxylic acids is 1. The number of nitro groups is 2. The average molecular weight is 343 g/mol. The second kappa shape index (κ2) is 7.52. The highest BCUT2D eigenvalue weighted by atomic mass is 16.6. The quantitative estimate of drug-likeness (QED) is 0.636. The highest BCUT2D eigenvalue weighted by Gasteiger charge is 2.19. The molecule has 0 spiro atoms. The second-order valence-corrected chi connectivity index (χ2v) is 5.83. The van der Waals surface area contributed by atoms with E-state index in [1.807, 2.05) is 24.3 Å². The molecule has 2 aromatic rings. The number of nitro benzene ring substituents is 2. The van der Waals surface area contributed by atoms with Crippen molar-refractivity contribution >= 4 is 17.3 Å². The number of hydrogen-bond donors (Lipinski definition) is 1. The summed E-state index contributed by atoms with van der Waals surface area (Å²) in [5, 5.41) is 24.3. The Morgan fingerprint density at radius 1 is 1.00 bits per heavy atom. The van der Waals surface area contributed by atoms with Crippen molar-refractivity contribution in [3.05, 3.63) is 79.4 Å². The minimum absolute atomic E-state index is 0.125. The van der Waals surface area contributed by atoms with Crippen LogP contribution in [0.15, 0.2) is 42.5 Å². The molecule has 1 N–H and O–H groups in total. The number of hydrogen-bond acceptors (Lipinski definition) is 5. The highest BCUT2D eigenvalue weighted by molar-refractivity contribution is 5.95. The molecule has 130 valence electrons. The molecule has 0 fully saturated rings. The van der Waals surface area contributed by atoms with E-state index >= 15 is 0 Å². The molecule has 0 aromatic heterocycles. The molecule has 25 heavy (non-hydrogen) atoms. The lowest BCUT2D eigenvalue weighted by Gasteiger charge is -2.08. The van der Waals surface area contributed by atoms with E-state index in [9.17, 15) is 25.0 Å². The van der Waals surface area contributed by atoms with E-state index < -0.39 is 27.1 Å². The maximum absolute atomic E-state index is 12.2. The van der Waals surface area contributed by atoms with E-state index in [1.54, 1.807) is 0 Å². The van der Waals surface area contributed by atoms with E-state index in [2.05, 4.69) is 19.2 Å². The van der Waals surface area contributed by atoms with Crippen LogP contribution in [0.2, 0.25) is 0 Å². The van der Waals surface area contributed by atoms with E-state index in [4.69, 9.17) is 0 Å². The summed E-state index contributed by atoms with van der Waals surface area (Å²) in [5.74, 6) is -0.214. The van der Waals surface area contributed by atoms with Gasteiger partial charge in [-0.25, -0.2) is 0 Å². The van der Waals surface area contributed by atoms with Crippen LogP contribution < -0.4 is 5.32 Å². The minimum atomic E-state index is -0.769. The first-order chi connectivity index (χ1) is 11.8. The van der Waals surface area contributed by atoms with Crippen LogP contribution in [0.5, 0.6) is 0 Å². The summed E-state index contributed by atoms with van der Waals surface area (Å²) in [6, 6.07) is 10.5. The van der Waals surface area contributed by atoms with Crippen molar-refractivity contribution in [1.82, 2.24) is 5.32 Å². The van der Waals surface area contributed by atoms with Crippen LogP contribution >= 0.6 is 0 Å². The minimum Gasteiger partial charge on any atom is -0.348 e. The third-order valence-electron chi connectivity index (χ3n) is 3.69. The maximum atomic E-state index is 12.2. The fourth-order valence-corrected chi connectivity index (χ4v) is 2.24. The van der Waals surface area contributed by atoms with E-state index in [1.165, 1.54) is 5.56 Å². The van der Waals surface area contributed by atoms with Crippen LogP contribution in [0.4, 0.5) is 11.4 Å². The lowest BCUT2D eigenvalue weighted by Crippen LogP contribution is -2.23. The van der Waals surface area contributed by atoms with E-state index in [-0.39, 0.29) is 12.1 Å². The van der Waals surface area contributed by atoms with Crippen molar-refractivity contribution in [2.24, 2.45) is 0 Å². The Bertz CT molecular complexity index is 783. The number of amides is 1. The molecule has 8 nitrogen and oxygen atoms in total. The smallest absolute Gasteiger partial charge is 0.277 e. The average Bonchev–Trinajstić information content (AvgIpc) is 2.59. The third-order valence-corrected chi connectivity index (χ3v) is 3.69. The van der Waals surface area contributed by atoms with Gasteiger partial charge in [0.15, 0.2) is 0 Å². The molecule has 0 radical (unpaired) electrons. The first-order valence-corrected chi connectivity index (χ1v) is 7.59. The second-order valence-electron chi connectivity index (χ2n) is 5.83. The van der Waals surface area contributed by atoms with Crippen molar-refractivity contribution in [2.45, 2.75) is 26.3 Å². The first-order valence-electron chi connectivity index (χ1n) is 7.59. The first kappa shape index (κ1) is 18.1. The lowest BCUT2D eigenvalue weighted by atomic mass is 10.0. The van der Waals surface area contributed by atoms with Crippen molar-refractivity contribution in [3.8, 4) is 0 Å². The SMILES string of the molecule is CC(C)c1ccc(CNC(=O)c2cc([N+](=O)[O-])cc([N+](=O)[O-])c2)cc1. The summed E-state index contributed by atoms with van der Waals surface area (Å²) in [7, 11) is 0. The van der Waals surface area contributed by atoms with Gasteiger partial charge in [-0.15, -0.1) is 0 Å². The van der Waals surface area contributed by atoms with Crippen LogP contribution in [0.25, 0.3) is 0 Å². The molecule has 0 saturated heterocycles. The van der Waals surface area contributed by atoms with Crippen LogP contribution in [-0.4, -0.2) is 15.8 Å². The van der Waals surface area contributed by atoms with Crippen molar-refractivity contribution in [1.29, 1.82) is 0 Å². The van der Waals surface area contributed by atoms with Gasteiger partial charge in [0.1, 0.15) is 0 Å². The van der Waals surface area contributed by atoms with Crippen molar-refractivity contribution < 1.29 is 14.6 Å². The Kier molecular flexibility index (Phi) is 5.43. The van der Waals surface area contributed by atoms with Gasteiger partial charge in [-0.2, -0.15) is 0 Å². The van der Waals surface area contributed by atoms with Gasteiger partial charge in [0.05, 0.1) is 21.5 Å². The fourth-order valence-electron chi connectivity index (χ4n) is 2.24. The van der Waals surface area contributed by atoms with Crippen molar-refractivity contribution in [3.63, 3.8) is 0 Å². The number of carbonyl (C=O) groups is 1. The van der Waals surface area contributed by atoms with Gasteiger partial charge in [-0.05, 0) is 17.0 Å². The monoisotopic (exact) mass is 343 g/mol. The van der Waals surface area contributed by atoms with Gasteiger partial charge in [0, 0.05) is 18.7 Å². The summed E-state index contributed by atoms with van der Waals surface area (Å²) in [4.78, 5) is 32.4. The van der Waals surface area contributed by atoms with Gasteiger partial charge in [0.2, 0.25) is 0 Å². The van der Waals surface area contributed by atoms with Gasteiger partial charge >= 0.3 is 0 Å². The highest BCUT2D eigenvalue weighted by Crippen LogP contribution is 2.22. The molecule has 0 saturated carbocycles. The molecule has 8 heteroatoms. The summed E-state index contributed by atoms with van der Waals surface area (Å²) in [6.07, 6.45) is 0. The van der Waals surface area contributed by atoms with Gasteiger partial charge in [0.25, 0.3) is 17.3 Å². The number of rotatable bonds is 6. The molecule has 0 atom stereocenters. The fraction of sp³-hybridized carbons (Fsp3) is 0.235. The summed E-state index contributed by atoms with van der Waals surface area (Å²) < 4.78 is 0. The standard InChI is InChI=1S/C17H17N3O5/c1-11(2)13-5-3-12(4-6-13)10-18-17(21)14-7-15(19(22)23)9-16(8-14)20(24)25/h3-9,11H,10H2,1-2H3,(H,18,21). The predicted molar refractivity (Wildman–Crippen MR) is 91.5 cm³/mol. The number of nitrogens with zero attached hydrogens (tertiary/aromatic N) is 2. The van der Waals surface area contributed by atoms with Crippen LogP contribution in [-0.2, 0) is 6.54 Å². The van der Waals surface area contributed by atoms with Gasteiger partial charge in [-0.3, -0.25) is 25.0 Å². The Hall–Kier alpha value is -3.29. The molecule has 0 heterocycles. The number of benzene rings is 2. The van der Waals surface area contributed by atoms with Crippen LogP contribution in [0, 0.1) is 20.2 Å². The van der Waals surface area contributed by atoms with E-state index in [0.717, 1.165) is 23.8 Å². The summed E-state index contributed by atoms with van der Waals surface area (Å²) >= 11 is 0. The molecule has 0 unspecified atom stereocenters.